The number of aliphatic hydroxyl groups is 1. The number of fused-ring (bicyclic) bond motifs is 2. The quantitative estimate of drug-likeness (QED) is 0.484. The molecular weight excluding hydrogens is 558 g/mol. The third kappa shape index (κ3) is 4.39. The number of carbonyl (C=O) groups excluding carboxylic acids is 3. The number of carbonyl (C=O) groups is 3. The zero-order valence-corrected chi connectivity index (χ0v) is 26.0. The molecule has 9 nitrogen and oxygen atoms in total. The number of aryl methyl sites for hydroxylation is 2. The van der Waals surface area contributed by atoms with Crippen molar-refractivity contribution < 1.29 is 29.0 Å². The van der Waals surface area contributed by atoms with Crippen molar-refractivity contribution in [2.24, 2.45) is 11.8 Å². The van der Waals surface area contributed by atoms with Crippen LogP contribution in [0.25, 0.3) is 0 Å². The van der Waals surface area contributed by atoms with E-state index in [1.54, 1.807) is 16.7 Å². The molecule has 9 heteroatoms. The molecule has 232 valence electrons. The van der Waals surface area contributed by atoms with E-state index in [1.165, 1.54) is 4.90 Å². The normalized spacial score (nSPS) is 30.2. The summed E-state index contributed by atoms with van der Waals surface area (Å²) in [5.74, 6) is -2.01. The first-order valence-corrected chi connectivity index (χ1v) is 15.5. The van der Waals surface area contributed by atoms with Gasteiger partial charge in [0.2, 0.25) is 11.8 Å². The van der Waals surface area contributed by atoms with Crippen LogP contribution in [0.5, 0.6) is 5.75 Å². The molecule has 2 fully saturated rings. The Bertz CT molecular complexity index is 1540. The number of aliphatic hydroxyl groups excluding tert-OH is 1. The molecule has 2 aromatic carbocycles. The van der Waals surface area contributed by atoms with Gasteiger partial charge in [0.15, 0.2) is 0 Å². The lowest BCUT2D eigenvalue weighted by atomic mass is 9.73. The van der Waals surface area contributed by atoms with Crippen LogP contribution in [-0.2, 0) is 19.1 Å². The number of likely N-dealkylation sites (tertiary alicyclic amines) is 1. The predicted molar refractivity (Wildman–Crippen MR) is 168 cm³/mol. The summed E-state index contributed by atoms with van der Waals surface area (Å²) < 4.78 is 12.7. The Morgan fingerprint density at radius 2 is 1.64 bits per heavy atom. The first kappa shape index (κ1) is 30.1. The van der Waals surface area contributed by atoms with Crippen molar-refractivity contribution in [2.45, 2.75) is 64.3 Å². The summed E-state index contributed by atoms with van der Waals surface area (Å²) in [4.78, 5) is 48.9. The van der Waals surface area contributed by atoms with Gasteiger partial charge in [-0.3, -0.25) is 14.4 Å². The molecule has 2 aromatic rings. The molecule has 1 spiro atoms. The Kier molecular flexibility index (Phi) is 7.66. The van der Waals surface area contributed by atoms with Crippen LogP contribution in [0.4, 0.5) is 11.4 Å². The fourth-order valence-corrected chi connectivity index (χ4v) is 7.61. The number of nitrogens with zero attached hydrogens (tertiary/aromatic N) is 3. The van der Waals surface area contributed by atoms with Gasteiger partial charge in [-0.1, -0.05) is 43.4 Å². The molecule has 1 N–H and O–H groups in total. The van der Waals surface area contributed by atoms with Gasteiger partial charge in [-0.2, -0.15) is 0 Å². The summed E-state index contributed by atoms with van der Waals surface area (Å²) in [5.41, 5.74) is 0.904. The molecule has 4 aliphatic heterocycles. The minimum Gasteiger partial charge on any atom is -0.494 e. The Morgan fingerprint density at radius 3 is 2.32 bits per heavy atom. The smallest absolute Gasteiger partial charge is 0.253 e. The van der Waals surface area contributed by atoms with E-state index < -0.39 is 35.1 Å². The standard InChI is InChI=1S/C35H41N3O6/c1-6-34-16-8-18-36(25-12-14-26(15-13-25)43-7-2)31(40)28(34)29-32(41)38(24(5)21-39)30-33(42)37(19-9-17-35(29,30)44-34)27-20-22(3)10-11-23(27)4/h8-17,20,24,28-30,39H,6-7,18-19,21H2,1-5H3/t24-,28-,29+,30?,34+,35+/m1/s1. The lowest BCUT2D eigenvalue weighted by Crippen LogP contribution is -2.58. The van der Waals surface area contributed by atoms with Gasteiger partial charge in [-0.25, -0.2) is 0 Å². The fraction of sp³-hybridized carbons (Fsp3) is 0.457. The van der Waals surface area contributed by atoms with E-state index in [0.29, 0.717) is 37.6 Å². The van der Waals surface area contributed by atoms with Crippen LogP contribution in [0.2, 0.25) is 0 Å². The molecular formula is C35H41N3O6. The molecule has 1 unspecified atom stereocenters. The maximum atomic E-state index is 14.7. The van der Waals surface area contributed by atoms with E-state index in [9.17, 15) is 19.5 Å². The van der Waals surface area contributed by atoms with Crippen molar-refractivity contribution in [2.75, 3.05) is 36.1 Å². The average molecular weight is 600 g/mol. The number of benzene rings is 2. The third-order valence-electron chi connectivity index (χ3n) is 9.73. The molecule has 0 aliphatic carbocycles. The van der Waals surface area contributed by atoms with Crippen molar-refractivity contribution in [3.63, 3.8) is 0 Å². The average Bonchev–Trinajstić information content (AvgIpc) is 3.32. The lowest BCUT2D eigenvalue weighted by molar-refractivity contribution is -0.148. The molecule has 0 aromatic heterocycles. The van der Waals surface area contributed by atoms with Gasteiger partial charge in [0.1, 0.15) is 17.4 Å². The molecule has 0 bridgehead atoms. The summed E-state index contributed by atoms with van der Waals surface area (Å²) >= 11 is 0. The van der Waals surface area contributed by atoms with Crippen LogP contribution in [0, 0.1) is 25.7 Å². The molecule has 4 aliphatic rings. The molecule has 44 heavy (non-hydrogen) atoms. The maximum Gasteiger partial charge on any atom is 0.253 e. The van der Waals surface area contributed by atoms with E-state index in [0.717, 1.165) is 16.8 Å². The van der Waals surface area contributed by atoms with Gasteiger partial charge >= 0.3 is 0 Å². The first-order chi connectivity index (χ1) is 21.1. The van der Waals surface area contributed by atoms with Crippen molar-refractivity contribution in [3.8, 4) is 5.75 Å². The van der Waals surface area contributed by atoms with Crippen molar-refractivity contribution in [1.82, 2.24) is 4.90 Å². The molecule has 4 heterocycles. The van der Waals surface area contributed by atoms with Gasteiger partial charge in [-0.05, 0) is 75.6 Å². The summed E-state index contributed by atoms with van der Waals surface area (Å²) in [6.07, 6.45) is 8.02. The van der Waals surface area contributed by atoms with Gasteiger partial charge in [0.25, 0.3) is 5.91 Å². The minimum atomic E-state index is -1.40. The lowest BCUT2D eigenvalue weighted by Gasteiger charge is -2.40. The van der Waals surface area contributed by atoms with Gasteiger partial charge in [-0.15, -0.1) is 0 Å². The largest absolute Gasteiger partial charge is 0.494 e. The molecule has 0 radical (unpaired) electrons. The SMILES string of the molecule is CCOc1ccc(N2CC=C[C@]3(CC)O[C@]45C=CCN(c6cc(C)ccc6C)C(=O)C4N([C@H](C)CO)C(=O)[C@@H]5[C@@H]3C2=O)cc1. The molecule has 2 saturated heterocycles. The Morgan fingerprint density at radius 1 is 0.932 bits per heavy atom. The van der Waals surface area contributed by atoms with Crippen LogP contribution in [0.15, 0.2) is 66.8 Å². The van der Waals surface area contributed by atoms with E-state index >= 15 is 0 Å². The third-order valence-corrected chi connectivity index (χ3v) is 9.73. The Hall–Kier alpha value is -3.95. The number of rotatable bonds is 7. The Labute approximate surface area is 258 Å². The second-order valence-corrected chi connectivity index (χ2v) is 12.3. The maximum absolute atomic E-state index is 14.7. The van der Waals surface area contributed by atoms with Crippen LogP contribution in [0.1, 0.15) is 38.3 Å². The van der Waals surface area contributed by atoms with Crippen LogP contribution < -0.4 is 14.5 Å². The predicted octanol–water partition coefficient (Wildman–Crippen LogP) is 3.95. The van der Waals surface area contributed by atoms with Crippen molar-refractivity contribution in [3.05, 3.63) is 77.9 Å². The van der Waals surface area contributed by atoms with Gasteiger partial charge in [0, 0.05) is 24.5 Å². The summed E-state index contributed by atoms with van der Waals surface area (Å²) in [5, 5.41) is 10.3. The molecule has 6 atom stereocenters. The van der Waals surface area contributed by atoms with E-state index in [1.807, 2.05) is 94.5 Å². The highest BCUT2D eigenvalue weighted by Gasteiger charge is 2.75. The van der Waals surface area contributed by atoms with Crippen molar-refractivity contribution >= 4 is 29.1 Å². The van der Waals surface area contributed by atoms with Crippen LogP contribution in [-0.4, -0.2) is 77.3 Å². The topological polar surface area (TPSA) is 99.6 Å². The van der Waals surface area contributed by atoms with E-state index in [2.05, 4.69) is 0 Å². The van der Waals surface area contributed by atoms with Crippen LogP contribution in [0.3, 0.4) is 0 Å². The zero-order valence-electron chi connectivity index (χ0n) is 26.0. The fourth-order valence-electron chi connectivity index (χ4n) is 7.61. The van der Waals surface area contributed by atoms with Gasteiger partial charge in [0.05, 0.1) is 36.7 Å². The second-order valence-electron chi connectivity index (χ2n) is 12.3. The number of amides is 3. The highest BCUT2D eigenvalue weighted by atomic mass is 16.5. The number of ether oxygens (including phenoxy) is 2. The van der Waals surface area contributed by atoms with Crippen molar-refractivity contribution in [1.29, 1.82) is 0 Å². The highest BCUT2D eigenvalue weighted by molar-refractivity contribution is 6.08. The second kappa shape index (κ2) is 11.2. The van der Waals surface area contributed by atoms with E-state index in [4.69, 9.17) is 9.47 Å². The highest BCUT2D eigenvalue weighted by Crippen LogP contribution is 2.59. The van der Waals surface area contributed by atoms with Gasteiger partial charge < -0.3 is 29.3 Å². The molecule has 3 amide bonds. The minimum absolute atomic E-state index is 0.232. The Balaban J connectivity index is 1.48. The first-order valence-electron chi connectivity index (χ1n) is 15.5. The number of anilines is 2. The monoisotopic (exact) mass is 599 g/mol. The zero-order chi connectivity index (χ0) is 31.4. The summed E-state index contributed by atoms with van der Waals surface area (Å²) in [6.45, 7) is 10.3. The van der Waals surface area contributed by atoms with Crippen LogP contribution >= 0.6 is 0 Å². The summed E-state index contributed by atoms with van der Waals surface area (Å²) in [7, 11) is 0. The molecule has 0 saturated carbocycles. The molecule has 6 rings (SSSR count). The van der Waals surface area contributed by atoms with E-state index in [-0.39, 0.29) is 24.3 Å². The summed E-state index contributed by atoms with van der Waals surface area (Å²) in [6, 6.07) is 11.6. The number of hydrogen-bond donors (Lipinski definition) is 1. The number of hydrogen-bond acceptors (Lipinski definition) is 6.